The summed E-state index contributed by atoms with van der Waals surface area (Å²) in [7, 11) is 0.192. The lowest BCUT2D eigenvalue weighted by Gasteiger charge is -2.19. The summed E-state index contributed by atoms with van der Waals surface area (Å²) in [5.74, 6) is 0. The van der Waals surface area contributed by atoms with E-state index in [-0.39, 0.29) is 9.52 Å². The second-order valence-corrected chi connectivity index (χ2v) is 7.08. The van der Waals surface area contributed by atoms with Gasteiger partial charge in [-0.25, -0.2) is 0 Å². The molecule has 0 aromatic rings. The third-order valence-corrected chi connectivity index (χ3v) is 6.48. The van der Waals surface area contributed by atoms with E-state index in [1.54, 1.807) is 0 Å². The predicted octanol–water partition coefficient (Wildman–Crippen LogP) is 2.58. The monoisotopic (exact) mass is 208 g/mol. The Labute approximate surface area is 69.4 Å². The Balaban J connectivity index is 3.33. The van der Waals surface area contributed by atoms with Gasteiger partial charge < -0.3 is 0 Å². The molecule has 0 aliphatic rings. The van der Waals surface area contributed by atoms with E-state index >= 15 is 0 Å². The van der Waals surface area contributed by atoms with E-state index in [1.165, 1.54) is 17.8 Å². The van der Waals surface area contributed by atoms with E-state index in [4.69, 9.17) is 0 Å². The Bertz CT molecular complexity index is 71.3. The number of hydrogen-bond donors (Lipinski definition) is 0. The van der Waals surface area contributed by atoms with Crippen molar-refractivity contribution in [3.8, 4) is 0 Å². The van der Waals surface area contributed by atoms with Gasteiger partial charge in [-0.2, -0.15) is 0 Å². The molecule has 0 N–H and O–H groups in total. The lowest BCUT2D eigenvalue weighted by molar-refractivity contribution is 0.764. The van der Waals surface area contributed by atoms with Gasteiger partial charge in [0.25, 0.3) is 0 Å². The molecular formula is C7H17BrSi. The van der Waals surface area contributed by atoms with Crippen LogP contribution < -0.4 is 0 Å². The normalized spacial score (nSPS) is 13.3. The zero-order chi connectivity index (χ0) is 7.33. The van der Waals surface area contributed by atoms with Crippen molar-refractivity contribution < 1.29 is 0 Å². The molecular weight excluding hydrogens is 192 g/mol. The van der Waals surface area contributed by atoms with Gasteiger partial charge in [-0.05, 0) is 5.04 Å². The Kier molecular flexibility index (Phi) is 4.85. The summed E-state index contributed by atoms with van der Waals surface area (Å²) in [6, 6.07) is 1.50. The summed E-state index contributed by atoms with van der Waals surface area (Å²) >= 11 is 3.54. The predicted molar refractivity (Wildman–Crippen MR) is 51.5 cm³/mol. The highest BCUT2D eigenvalue weighted by Gasteiger charge is 2.14. The van der Waals surface area contributed by atoms with Gasteiger partial charge in [0, 0.05) is 14.8 Å². The number of alkyl halides is 1. The van der Waals surface area contributed by atoms with Gasteiger partial charge in [-0.3, -0.25) is 0 Å². The summed E-state index contributed by atoms with van der Waals surface area (Å²) in [5.41, 5.74) is 0. The average molecular weight is 209 g/mol. The highest BCUT2D eigenvalue weighted by molar-refractivity contribution is 9.09. The topological polar surface area (TPSA) is 0 Å². The summed E-state index contributed by atoms with van der Waals surface area (Å²) in [6.45, 7) is 7.00. The van der Waals surface area contributed by atoms with E-state index in [2.05, 4.69) is 36.7 Å². The summed E-state index contributed by atoms with van der Waals surface area (Å²) < 4.78 is 0. The van der Waals surface area contributed by atoms with Gasteiger partial charge >= 0.3 is 0 Å². The number of halogens is 1. The van der Waals surface area contributed by atoms with Crippen LogP contribution in [-0.4, -0.2) is 14.8 Å². The molecule has 0 aromatic carbocycles. The van der Waals surface area contributed by atoms with Gasteiger partial charge in [0.05, 0.1) is 0 Å². The molecule has 0 spiro atoms. The van der Waals surface area contributed by atoms with Crippen molar-refractivity contribution in [3.63, 3.8) is 0 Å². The highest BCUT2D eigenvalue weighted by Crippen LogP contribution is 2.26. The zero-order valence-electron chi connectivity index (χ0n) is 6.71. The fraction of sp³-hybridized carbons (Fsp3) is 1.00. The fourth-order valence-corrected chi connectivity index (χ4v) is 3.01. The van der Waals surface area contributed by atoms with E-state index in [0.29, 0.717) is 5.04 Å². The highest BCUT2D eigenvalue weighted by atomic mass is 79.9. The molecule has 9 heavy (non-hydrogen) atoms. The van der Waals surface area contributed by atoms with Crippen molar-refractivity contribution in [3.05, 3.63) is 0 Å². The maximum atomic E-state index is 3.54. The number of hydrogen-bond acceptors (Lipinski definition) is 0. The Morgan fingerprint density at radius 1 is 1.44 bits per heavy atom. The smallest absolute Gasteiger partial charge is 0.0274 e. The first-order valence-electron chi connectivity index (χ1n) is 3.68. The first-order chi connectivity index (χ1) is 4.12. The van der Waals surface area contributed by atoms with Crippen molar-refractivity contribution in [2.75, 3.05) is 5.33 Å². The van der Waals surface area contributed by atoms with Crippen LogP contribution in [0.5, 0.6) is 0 Å². The standard InChI is InChI=1S/C7H17BrSi/c1-4-5-9-7(2,3)6-8/h4-6,9H2,1-3H3. The molecule has 0 aliphatic heterocycles. The maximum absolute atomic E-state index is 3.54. The minimum absolute atomic E-state index is 0.192. The minimum atomic E-state index is 0.192. The van der Waals surface area contributed by atoms with Gasteiger partial charge in [0.1, 0.15) is 0 Å². The van der Waals surface area contributed by atoms with Gasteiger partial charge in [0.15, 0.2) is 0 Å². The van der Waals surface area contributed by atoms with Crippen LogP contribution in [-0.2, 0) is 0 Å². The van der Waals surface area contributed by atoms with Crippen molar-refractivity contribution in [1.29, 1.82) is 0 Å². The molecule has 0 atom stereocenters. The first kappa shape index (κ1) is 9.70. The first-order valence-corrected chi connectivity index (χ1v) is 6.51. The van der Waals surface area contributed by atoms with Crippen LogP contribution in [0.2, 0.25) is 11.1 Å². The largest absolute Gasteiger partial charge is 0.0926 e. The molecule has 0 fully saturated rings. The molecule has 0 unspecified atom stereocenters. The molecule has 0 nitrogen and oxygen atoms in total. The van der Waals surface area contributed by atoms with Crippen LogP contribution in [0.4, 0.5) is 0 Å². The van der Waals surface area contributed by atoms with E-state index in [1.807, 2.05) is 0 Å². The Morgan fingerprint density at radius 3 is 2.33 bits per heavy atom. The van der Waals surface area contributed by atoms with Crippen LogP contribution in [0.3, 0.4) is 0 Å². The molecule has 0 radical (unpaired) electrons. The van der Waals surface area contributed by atoms with Crippen molar-refractivity contribution in [1.82, 2.24) is 0 Å². The molecule has 0 saturated carbocycles. The molecule has 0 saturated heterocycles. The SMILES string of the molecule is CCC[SiH2]C(C)(C)CBr. The van der Waals surface area contributed by atoms with Crippen molar-refractivity contribution in [2.24, 2.45) is 0 Å². The number of rotatable bonds is 4. The molecule has 0 aromatic heterocycles. The van der Waals surface area contributed by atoms with E-state index in [9.17, 15) is 0 Å². The molecule has 56 valence electrons. The van der Waals surface area contributed by atoms with Crippen LogP contribution in [0.1, 0.15) is 27.2 Å². The summed E-state index contributed by atoms with van der Waals surface area (Å²) in [5, 5.41) is 1.84. The van der Waals surface area contributed by atoms with Crippen LogP contribution in [0, 0.1) is 0 Å². The molecule has 0 amide bonds. The maximum Gasteiger partial charge on any atom is 0.0274 e. The lowest BCUT2D eigenvalue weighted by Crippen LogP contribution is -2.13. The van der Waals surface area contributed by atoms with Crippen LogP contribution in [0.25, 0.3) is 0 Å². The van der Waals surface area contributed by atoms with E-state index < -0.39 is 0 Å². The third-order valence-electron chi connectivity index (χ3n) is 1.57. The summed E-state index contributed by atoms with van der Waals surface area (Å²) in [4.78, 5) is 0. The molecule has 2 heteroatoms. The molecule has 0 aliphatic carbocycles. The Hall–Kier alpha value is 0.697. The van der Waals surface area contributed by atoms with Crippen molar-refractivity contribution >= 4 is 25.4 Å². The minimum Gasteiger partial charge on any atom is -0.0926 e. The van der Waals surface area contributed by atoms with Crippen LogP contribution in [0.15, 0.2) is 0 Å². The van der Waals surface area contributed by atoms with Crippen molar-refractivity contribution in [2.45, 2.75) is 38.3 Å². The molecule has 0 bridgehead atoms. The lowest BCUT2D eigenvalue weighted by atomic mass is 10.2. The van der Waals surface area contributed by atoms with E-state index in [0.717, 1.165) is 0 Å². The third kappa shape index (κ3) is 5.16. The molecule has 0 rings (SSSR count). The summed E-state index contributed by atoms with van der Waals surface area (Å²) in [6.07, 6.45) is 1.38. The fourth-order valence-electron chi connectivity index (χ4n) is 0.722. The zero-order valence-corrected chi connectivity index (χ0v) is 9.71. The van der Waals surface area contributed by atoms with Gasteiger partial charge in [-0.1, -0.05) is 49.2 Å². The second-order valence-electron chi connectivity index (χ2n) is 3.40. The van der Waals surface area contributed by atoms with Gasteiger partial charge in [-0.15, -0.1) is 0 Å². The average Bonchev–Trinajstić information content (AvgIpc) is 1.84. The van der Waals surface area contributed by atoms with Gasteiger partial charge in [0.2, 0.25) is 0 Å². The van der Waals surface area contributed by atoms with Crippen LogP contribution >= 0.6 is 15.9 Å². The quantitative estimate of drug-likeness (QED) is 0.493. The second kappa shape index (κ2) is 4.50. The Morgan fingerprint density at radius 2 is 2.00 bits per heavy atom. The molecule has 0 heterocycles.